The summed E-state index contributed by atoms with van der Waals surface area (Å²) in [6.07, 6.45) is -2.95. The number of hydrogen-bond acceptors (Lipinski definition) is 3. The lowest BCUT2D eigenvalue weighted by Crippen LogP contribution is -2.15. The average molecular weight is 369 g/mol. The first-order valence-corrected chi connectivity index (χ1v) is 6.40. The van der Waals surface area contributed by atoms with Crippen molar-refractivity contribution in [3.8, 4) is 0 Å². The molecule has 0 atom stereocenters. The Bertz CT molecular complexity index is 494. The van der Waals surface area contributed by atoms with Gasteiger partial charge in [0.25, 0.3) is 16.4 Å². The lowest BCUT2D eigenvalue weighted by molar-refractivity contribution is 0.145. The first kappa shape index (κ1) is 13.0. The Kier molecular flexibility index (Phi) is 3.85. The number of alkyl halides is 2. The molecule has 4 nitrogen and oxygen atoms in total. The zero-order chi connectivity index (χ0) is 11.8. The Hall–Kier alpha value is -0.0600. The summed E-state index contributed by atoms with van der Waals surface area (Å²) in [6.45, 7) is 0. The number of aromatic nitrogens is 1. The predicted octanol–water partition coefficient (Wildman–Crippen LogP) is 1.92. The van der Waals surface area contributed by atoms with Crippen LogP contribution in [0.1, 0.15) is 12.1 Å². The van der Waals surface area contributed by atoms with Crippen molar-refractivity contribution in [3.05, 3.63) is 20.4 Å². The SMILES string of the molecule is NS(=O)(=O)c1cc(I)c(Cl)c(C(F)F)n1. The van der Waals surface area contributed by atoms with Gasteiger partial charge in [0.1, 0.15) is 5.69 Å². The minimum absolute atomic E-state index is 0.156. The fourth-order valence-electron chi connectivity index (χ4n) is 0.785. The number of primary sulfonamides is 1. The van der Waals surface area contributed by atoms with Gasteiger partial charge in [-0.05, 0) is 28.7 Å². The van der Waals surface area contributed by atoms with Gasteiger partial charge in [-0.15, -0.1) is 0 Å². The fourth-order valence-corrected chi connectivity index (χ4v) is 2.25. The van der Waals surface area contributed by atoms with Crippen molar-refractivity contribution in [2.45, 2.75) is 11.5 Å². The molecule has 0 spiro atoms. The van der Waals surface area contributed by atoms with E-state index in [1.807, 2.05) is 0 Å². The maximum absolute atomic E-state index is 12.4. The van der Waals surface area contributed by atoms with Crippen LogP contribution in [0.4, 0.5) is 8.78 Å². The summed E-state index contributed by atoms with van der Waals surface area (Å²) in [4.78, 5) is 3.20. The van der Waals surface area contributed by atoms with Gasteiger partial charge in [-0.1, -0.05) is 11.6 Å². The molecule has 9 heteroatoms. The molecule has 0 radical (unpaired) electrons. The fraction of sp³-hybridized carbons (Fsp3) is 0.167. The Balaban J connectivity index is 3.50. The number of hydrogen-bond donors (Lipinski definition) is 1. The van der Waals surface area contributed by atoms with Gasteiger partial charge in [0.05, 0.1) is 5.02 Å². The molecule has 1 aromatic rings. The summed E-state index contributed by atoms with van der Waals surface area (Å²) < 4.78 is 46.7. The molecule has 0 aromatic carbocycles. The molecule has 1 rings (SSSR count). The van der Waals surface area contributed by atoms with E-state index in [0.717, 1.165) is 6.07 Å². The molecule has 0 unspecified atom stereocenters. The molecule has 2 N–H and O–H groups in total. The number of halogens is 4. The predicted molar refractivity (Wildman–Crippen MR) is 58.3 cm³/mol. The summed E-state index contributed by atoms with van der Waals surface area (Å²) in [5.41, 5.74) is -0.785. The van der Waals surface area contributed by atoms with Crippen molar-refractivity contribution < 1.29 is 17.2 Å². The van der Waals surface area contributed by atoms with Gasteiger partial charge in [-0.2, -0.15) is 0 Å². The van der Waals surface area contributed by atoms with Gasteiger partial charge >= 0.3 is 0 Å². The monoisotopic (exact) mass is 368 g/mol. The highest BCUT2D eigenvalue weighted by molar-refractivity contribution is 14.1. The van der Waals surface area contributed by atoms with Crippen molar-refractivity contribution in [2.75, 3.05) is 0 Å². The second-order valence-corrected chi connectivity index (χ2v) is 5.54. The van der Waals surface area contributed by atoms with Crippen LogP contribution in [0.5, 0.6) is 0 Å². The third kappa shape index (κ3) is 2.95. The summed E-state index contributed by atoms with van der Waals surface area (Å²) in [7, 11) is -4.11. The van der Waals surface area contributed by atoms with E-state index in [4.69, 9.17) is 16.7 Å². The molecule has 0 fully saturated rings. The average Bonchev–Trinajstić information content (AvgIpc) is 2.06. The van der Waals surface area contributed by atoms with Crippen LogP contribution in [-0.2, 0) is 10.0 Å². The zero-order valence-electron chi connectivity index (χ0n) is 6.92. The minimum atomic E-state index is -4.11. The summed E-state index contributed by atoms with van der Waals surface area (Å²) in [5.74, 6) is 0. The standard InChI is InChI=1S/C6H4ClF2IN2O2S/c7-4-2(10)1-3(15(11,13)14)12-5(4)6(8)9/h1,6H,(H2,11,13,14). The molecule has 1 heterocycles. The first-order valence-electron chi connectivity index (χ1n) is 3.40. The smallest absolute Gasteiger partial charge is 0.232 e. The first-order chi connectivity index (χ1) is 6.73. The van der Waals surface area contributed by atoms with E-state index in [0.29, 0.717) is 0 Å². The van der Waals surface area contributed by atoms with Crippen LogP contribution in [-0.4, -0.2) is 13.4 Å². The second kappa shape index (κ2) is 4.44. The molecular weight excluding hydrogens is 364 g/mol. The van der Waals surface area contributed by atoms with Crippen molar-refractivity contribution in [2.24, 2.45) is 5.14 Å². The van der Waals surface area contributed by atoms with Crippen LogP contribution in [0.2, 0.25) is 5.02 Å². The van der Waals surface area contributed by atoms with E-state index in [1.165, 1.54) is 0 Å². The van der Waals surface area contributed by atoms with E-state index in [9.17, 15) is 17.2 Å². The van der Waals surface area contributed by atoms with Crippen LogP contribution in [0.15, 0.2) is 11.1 Å². The quantitative estimate of drug-likeness (QED) is 0.811. The van der Waals surface area contributed by atoms with Crippen LogP contribution in [0.25, 0.3) is 0 Å². The zero-order valence-corrected chi connectivity index (χ0v) is 10.6. The Morgan fingerprint density at radius 1 is 1.53 bits per heavy atom. The van der Waals surface area contributed by atoms with Gasteiger partial charge in [0, 0.05) is 3.57 Å². The number of nitrogens with two attached hydrogens (primary N) is 1. The van der Waals surface area contributed by atoms with Crippen LogP contribution < -0.4 is 5.14 Å². The highest BCUT2D eigenvalue weighted by Crippen LogP contribution is 2.30. The highest BCUT2D eigenvalue weighted by atomic mass is 127. The van der Waals surface area contributed by atoms with E-state index in [2.05, 4.69) is 4.98 Å². The Morgan fingerprint density at radius 3 is 2.47 bits per heavy atom. The molecule has 0 bridgehead atoms. The number of pyridine rings is 1. The molecule has 0 amide bonds. The molecule has 0 saturated carbocycles. The van der Waals surface area contributed by atoms with Crippen LogP contribution >= 0.6 is 34.2 Å². The normalized spacial score (nSPS) is 12.1. The highest BCUT2D eigenvalue weighted by Gasteiger charge is 2.21. The lowest BCUT2D eigenvalue weighted by atomic mass is 10.3. The largest absolute Gasteiger partial charge is 0.281 e. The Labute approximate surface area is 103 Å². The molecule has 84 valence electrons. The van der Waals surface area contributed by atoms with Crippen molar-refractivity contribution in [1.29, 1.82) is 0 Å². The third-order valence-electron chi connectivity index (χ3n) is 1.41. The topological polar surface area (TPSA) is 73.1 Å². The van der Waals surface area contributed by atoms with E-state index in [-0.39, 0.29) is 8.59 Å². The molecule has 0 aliphatic rings. The number of rotatable bonds is 2. The van der Waals surface area contributed by atoms with Crippen molar-refractivity contribution in [3.63, 3.8) is 0 Å². The molecular formula is C6H4ClF2IN2O2S. The maximum Gasteiger partial charge on any atom is 0.281 e. The van der Waals surface area contributed by atoms with Crippen molar-refractivity contribution in [1.82, 2.24) is 4.98 Å². The lowest BCUT2D eigenvalue weighted by Gasteiger charge is -2.06. The summed E-state index contributed by atoms with van der Waals surface area (Å²) in [5, 5.41) is 3.88. The molecule has 0 aliphatic carbocycles. The minimum Gasteiger partial charge on any atom is -0.232 e. The number of sulfonamides is 1. The molecule has 1 aromatic heterocycles. The third-order valence-corrected chi connectivity index (χ3v) is 3.77. The Morgan fingerprint density at radius 2 is 2.07 bits per heavy atom. The van der Waals surface area contributed by atoms with Gasteiger partial charge in [0.15, 0.2) is 5.03 Å². The summed E-state index contributed by atoms with van der Waals surface area (Å²) >= 11 is 7.15. The van der Waals surface area contributed by atoms with Gasteiger partial charge in [-0.3, -0.25) is 0 Å². The molecule has 0 aliphatic heterocycles. The molecule has 15 heavy (non-hydrogen) atoms. The van der Waals surface area contributed by atoms with E-state index in [1.54, 1.807) is 22.6 Å². The van der Waals surface area contributed by atoms with Gasteiger partial charge in [0.2, 0.25) is 0 Å². The number of nitrogens with zero attached hydrogens (tertiary/aromatic N) is 1. The van der Waals surface area contributed by atoms with Crippen molar-refractivity contribution >= 4 is 44.2 Å². The van der Waals surface area contributed by atoms with Crippen LogP contribution in [0.3, 0.4) is 0 Å². The van der Waals surface area contributed by atoms with Crippen LogP contribution in [0, 0.1) is 3.57 Å². The summed E-state index contributed by atoms with van der Waals surface area (Å²) in [6, 6.07) is 1.03. The van der Waals surface area contributed by atoms with Gasteiger partial charge < -0.3 is 0 Å². The van der Waals surface area contributed by atoms with E-state index >= 15 is 0 Å². The van der Waals surface area contributed by atoms with E-state index < -0.39 is 27.2 Å². The molecule has 0 saturated heterocycles. The van der Waals surface area contributed by atoms with Gasteiger partial charge in [-0.25, -0.2) is 27.3 Å². The maximum atomic E-state index is 12.4. The second-order valence-electron chi connectivity index (χ2n) is 2.49.